The van der Waals surface area contributed by atoms with Crippen LogP contribution >= 0.6 is 23.1 Å². The van der Waals surface area contributed by atoms with Gasteiger partial charge in [-0.1, -0.05) is 11.8 Å². The van der Waals surface area contributed by atoms with E-state index >= 15 is 0 Å². The SMILES string of the molecule is [C-]#[N+]c1c(N)nc(SCc2csc(Nc3ccc(F)cc3F)n2)c(C#N)c1-c1ccc(OCCO)nc1. The van der Waals surface area contributed by atoms with Crippen molar-refractivity contribution >= 4 is 45.4 Å². The average Bonchev–Trinajstić information content (AvgIpc) is 3.35. The molecule has 13 heteroatoms. The average molecular weight is 538 g/mol. The van der Waals surface area contributed by atoms with E-state index in [4.69, 9.17) is 22.1 Å². The molecule has 0 aliphatic rings. The Morgan fingerprint density at radius 2 is 2.11 bits per heavy atom. The molecular weight excluding hydrogens is 520 g/mol. The Kier molecular flexibility index (Phi) is 8.10. The molecule has 9 nitrogen and oxygen atoms in total. The molecule has 0 saturated heterocycles. The number of nitrogens with two attached hydrogens (primary N) is 1. The monoisotopic (exact) mass is 537 g/mol. The summed E-state index contributed by atoms with van der Waals surface area (Å²) in [6.07, 6.45) is 1.46. The molecule has 37 heavy (non-hydrogen) atoms. The highest BCUT2D eigenvalue weighted by Crippen LogP contribution is 2.42. The number of aliphatic hydroxyl groups excluding tert-OH is 1. The second-order valence-electron chi connectivity index (χ2n) is 7.26. The van der Waals surface area contributed by atoms with Gasteiger partial charge in [0.05, 0.1) is 30.1 Å². The largest absolute Gasteiger partial charge is 0.475 e. The number of pyridine rings is 2. The van der Waals surface area contributed by atoms with E-state index in [0.29, 0.717) is 32.7 Å². The second-order valence-corrected chi connectivity index (χ2v) is 9.09. The summed E-state index contributed by atoms with van der Waals surface area (Å²) in [5.74, 6) is -0.844. The number of thioether (sulfide) groups is 1. The van der Waals surface area contributed by atoms with Crippen molar-refractivity contribution < 1.29 is 18.6 Å². The molecule has 0 saturated carbocycles. The van der Waals surface area contributed by atoms with Gasteiger partial charge in [0.2, 0.25) is 11.6 Å². The van der Waals surface area contributed by atoms with Crippen molar-refractivity contribution in [3.05, 3.63) is 76.2 Å². The van der Waals surface area contributed by atoms with Crippen LogP contribution in [-0.2, 0) is 5.75 Å². The van der Waals surface area contributed by atoms with Crippen LogP contribution in [0.5, 0.6) is 5.88 Å². The molecule has 0 aliphatic carbocycles. The van der Waals surface area contributed by atoms with E-state index in [-0.39, 0.29) is 41.8 Å². The lowest BCUT2D eigenvalue weighted by Crippen LogP contribution is -2.03. The zero-order valence-electron chi connectivity index (χ0n) is 18.9. The van der Waals surface area contributed by atoms with Gasteiger partial charge in [0.1, 0.15) is 35.2 Å². The fraction of sp³-hybridized carbons (Fsp3) is 0.125. The number of nitrogens with zero attached hydrogens (tertiary/aromatic N) is 5. The lowest BCUT2D eigenvalue weighted by molar-refractivity contribution is 0.196. The number of benzene rings is 1. The molecule has 4 aromatic rings. The van der Waals surface area contributed by atoms with E-state index < -0.39 is 11.6 Å². The van der Waals surface area contributed by atoms with E-state index in [1.165, 1.54) is 35.4 Å². The van der Waals surface area contributed by atoms with Crippen molar-refractivity contribution in [3.8, 4) is 23.1 Å². The number of halogens is 2. The lowest BCUT2D eigenvalue weighted by Gasteiger charge is -2.13. The number of nitrogens with one attached hydrogen (secondary N) is 1. The lowest BCUT2D eigenvalue weighted by atomic mass is 10.0. The summed E-state index contributed by atoms with van der Waals surface area (Å²) >= 11 is 2.45. The van der Waals surface area contributed by atoms with Crippen LogP contribution in [-0.4, -0.2) is 33.3 Å². The molecule has 4 N–H and O–H groups in total. The third-order valence-electron chi connectivity index (χ3n) is 4.84. The summed E-state index contributed by atoms with van der Waals surface area (Å²) in [6.45, 7) is 7.48. The molecule has 1 aromatic carbocycles. The highest BCUT2D eigenvalue weighted by atomic mass is 32.2. The van der Waals surface area contributed by atoms with Gasteiger partial charge < -0.3 is 20.9 Å². The predicted octanol–water partition coefficient (Wildman–Crippen LogP) is 5.29. The van der Waals surface area contributed by atoms with Crippen LogP contribution in [0.1, 0.15) is 11.3 Å². The predicted molar refractivity (Wildman–Crippen MR) is 137 cm³/mol. The van der Waals surface area contributed by atoms with E-state index in [1.54, 1.807) is 17.5 Å². The maximum atomic E-state index is 13.9. The molecule has 0 spiro atoms. The number of hydrogen-bond donors (Lipinski definition) is 3. The summed E-state index contributed by atoms with van der Waals surface area (Å²) < 4.78 is 32.3. The van der Waals surface area contributed by atoms with Gasteiger partial charge in [-0.15, -0.1) is 11.3 Å². The van der Waals surface area contributed by atoms with Crippen molar-refractivity contribution in [1.82, 2.24) is 15.0 Å². The highest BCUT2D eigenvalue weighted by Gasteiger charge is 2.21. The van der Waals surface area contributed by atoms with Gasteiger partial charge in [-0.2, -0.15) is 5.26 Å². The summed E-state index contributed by atoms with van der Waals surface area (Å²) in [5.41, 5.74) is 7.78. The van der Waals surface area contributed by atoms with Gasteiger partial charge in [0.15, 0.2) is 5.13 Å². The number of ether oxygens (including phenoxy) is 1. The number of anilines is 3. The first kappa shape index (κ1) is 25.8. The van der Waals surface area contributed by atoms with Crippen LogP contribution in [0.15, 0.2) is 46.9 Å². The fourth-order valence-electron chi connectivity index (χ4n) is 3.22. The molecule has 3 heterocycles. The van der Waals surface area contributed by atoms with Crippen LogP contribution < -0.4 is 15.8 Å². The third kappa shape index (κ3) is 5.92. The summed E-state index contributed by atoms with van der Waals surface area (Å²) in [5, 5.41) is 24.1. The van der Waals surface area contributed by atoms with Gasteiger partial charge >= 0.3 is 0 Å². The topological polar surface area (TPSA) is 134 Å². The van der Waals surface area contributed by atoms with Crippen LogP contribution in [0.4, 0.5) is 31.1 Å². The number of rotatable bonds is 9. The van der Waals surface area contributed by atoms with E-state index in [9.17, 15) is 14.0 Å². The van der Waals surface area contributed by atoms with Gasteiger partial charge in [-0.05, 0) is 23.8 Å². The molecule has 0 radical (unpaired) electrons. The van der Waals surface area contributed by atoms with Gasteiger partial charge in [-0.3, -0.25) is 0 Å². The normalized spacial score (nSPS) is 10.5. The van der Waals surface area contributed by atoms with Crippen molar-refractivity contribution in [3.63, 3.8) is 0 Å². The number of hydrogen-bond acceptors (Lipinski definition) is 10. The first-order valence-electron chi connectivity index (χ1n) is 10.5. The molecule has 0 fully saturated rings. The standard InChI is InChI=1S/C24H17F2N7O2S2/c1-29-21-20(13-2-5-19(30-10-13)35-7-6-34)16(9-27)23(33-22(21)28)36-11-15-12-37-24(31-15)32-18-4-3-14(25)8-17(18)26/h2-5,8,10,12,34H,6-7,11H2,(H2,28,33)(H,31,32). The minimum atomic E-state index is -0.737. The minimum absolute atomic E-state index is 0.0282. The van der Waals surface area contributed by atoms with Crippen molar-refractivity contribution in [1.29, 1.82) is 5.26 Å². The summed E-state index contributed by atoms with van der Waals surface area (Å²) in [6, 6.07) is 8.54. The van der Waals surface area contributed by atoms with Gasteiger partial charge in [0.25, 0.3) is 0 Å². The van der Waals surface area contributed by atoms with Crippen LogP contribution in [0.2, 0.25) is 0 Å². The molecular formula is C24H17F2N7O2S2. The highest BCUT2D eigenvalue weighted by molar-refractivity contribution is 7.98. The number of aliphatic hydroxyl groups is 1. The Morgan fingerprint density at radius 1 is 1.27 bits per heavy atom. The quantitative estimate of drug-likeness (QED) is 0.192. The van der Waals surface area contributed by atoms with Crippen molar-refractivity contribution in [2.45, 2.75) is 10.8 Å². The number of nitrogen functional groups attached to an aromatic ring is 1. The van der Waals surface area contributed by atoms with Crippen molar-refractivity contribution in [2.75, 3.05) is 24.3 Å². The first-order chi connectivity index (χ1) is 17.9. The van der Waals surface area contributed by atoms with Gasteiger partial charge in [0, 0.05) is 35.0 Å². The van der Waals surface area contributed by atoms with Gasteiger partial charge in [-0.25, -0.2) is 28.6 Å². The smallest absolute Gasteiger partial charge is 0.237 e. The molecule has 0 atom stereocenters. The zero-order chi connectivity index (χ0) is 26.4. The Hall–Kier alpha value is -4.30. The molecule has 4 rings (SSSR count). The third-order valence-corrected chi connectivity index (χ3v) is 6.65. The van der Waals surface area contributed by atoms with Crippen LogP contribution in [0.3, 0.4) is 0 Å². The molecule has 0 aliphatic heterocycles. The van der Waals surface area contributed by atoms with E-state index in [2.05, 4.69) is 31.2 Å². The maximum Gasteiger partial charge on any atom is 0.237 e. The molecule has 0 bridgehead atoms. The van der Waals surface area contributed by atoms with Crippen molar-refractivity contribution in [2.24, 2.45) is 0 Å². The fourth-order valence-corrected chi connectivity index (χ4v) is 4.93. The Labute approximate surface area is 218 Å². The second kappa shape index (κ2) is 11.6. The van der Waals surface area contributed by atoms with E-state index in [0.717, 1.165) is 12.1 Å². The Bertz CT molecular complexity index is 1520. The summed E-state index contributed by atoms with van der Waals surface area (Å²) in [7, 11) is 0. The number of aromatic nitrogens is 3. The molecule has 186 valence electrons. The molecule has 0 amide bonds. The zero-order valence-corrected chi connectivity index (χ0v) is 20.5. The number of nitriles is 1. The van der Waals surface area contributed by atoms with E-state index in [1.807, 2.05) is 0 Å². The Balaban J connectivity index is 1.58. The van der Waals surface area contributed by atoms with Crippen LogP contribution in [0.25, 0.3) is 16.0 Å². The maximum absolute atomic E-state index is 13.9. The minimum Gasteiger partial charge on any atom is -0.475 e. The number of thiazole rings is 1. The first-order valence-corrected chi connectivity index (χ1v) is 12.4. The molecule has 0 unspecified atom stereocenters. The summed E-state index contributed by atoms with van der Waals surface area (Å²) in [4.78, 5) is 16.3. The molecule has 3 aromatic heterocycles. The van der Waals surface area contributed by atoms with Crippen LogP contribution in [0, 0.1) is 29.5 Å². The Morgan fingerprint density at radius 3 is 2.78 bits per heavy atom.